The lowest BCUT2D eigenvalue weighted by Gasteiger charge is -2.13. The summed E-state index contributed by atoms with van der Waals surface area (Å²) in [6, 6.07) is 5.15. The van der Waals surface area contributed by atoms with Crippen LogP contribution >= 0.6 is 0 Å². The molecule has 1 heterocycles. The molecule has 106 valence electrons. The van der Waals surface area contributed by atoms with Crippen molar-refractivity contribution >= 4 is 16.9 Å². The van der Waals surface area contributed by atoms with Crippen LogP contribution in [0.25, 0.3) is 11.0 Å². The van der Waals surface area contributed by atoms with Gasteiger partial charge in [-0.1, -0.05) is 0 Å². The molecule has 1 saturated carbocycles. The summed E-state index contributed by atoms with van der Waals surface area (Å²) in [6.07, 6.45) is 2.24. The summed E-state index contributed by atoms with van der Waals surface area (Å²) in [5.41, 5.74) is 0.487. The Hall–Kier alpha value is -2.17. The molecule has 5 heteroatoms. The van der Waals surface area contributed by atoms with Gasteiger partial charge in [-0.15, -0.1) is 0 Å². The Morgan fingerprint density at radius 2 is 2.20 bits per heavy atom. The highest BCUT2D eigenvalue weighted by Gasteiger charge is 2.32. The largest absolute Gasteiger partial charge is 0.497 e. The minimum absolute atomic E-state index is 0.0138. The first-order valence-corrected chi connectivity index (χ1v) is 6.60. The number of hydrogen-bond donors (Lipinski definition) is 1. The molecule has 1 N–H and O–H groups in total. The van der Waals surface area contributed by atoms with Gasteiger partial charge < -0.3 is 19.0 Å². The van der Waals surface area contributed by atoms with Gasteiger partial charge in [0.05, 0.1) is 18.6 Å². The van der Waals surface area contributed by atoms with Gasteiger partial charge in [-0.25, -0.2) is 4.79 Å². The van der Waals surface area contributed by atoms with Gasteiger partial charge in [-0.2, -0.15) is 0 Å². The second-order valence-corrected chi connectivity index (χ2v) is 5.09. The molecule has 0 saturated heterocycles. The number of methoxy groups -OCH3 is 1. The number of furan rings is 1. The van der Waals surface area contributed by atoms with Crippen LogP contribution in [-0.2, 0) is 0 Å². The van der Waals surface area contributed by atoms with Gasteiger partial charge in [-0.05, 0) is 43.9 Å². The standard InChI is InChI=1S/C15H16O5/c1-8(9-3-4-9)19-13-11-7-10(18-2)5-6-12(11)20-14(13)15(16)17/h5-9H,3-4H2,1-2H3,(H,16,17). The van der Waals surface area contributed by atoms with Crippen molar-refractivity contribution in [2.75, 3.05) is 7.11 Å². The van der Waals surface area contributed by atoms with Gasteiger partial charge >= 0.3 is 5.97 Å². The van der Waals surface area contributed by atoms with Crippen LogP contribution in [0.3, 0.4) is 0 Å². The Balaban J connectivity index is 2.08. The van der Waals surface area contributed by atoms with E-state index >= 15 is 0 Å². The van der Waals surface area contributed by atoms with E-state index in [1.165, 1.54) is 0 Å². The Kier molecular flexibility index (Phi) is 3.04. The number of benzene rings is 1. The number of carbonyl (C=O) groups is 1. The molecule has 3 rings (SSSR count). The van der Waals surface area contributed by atoms with Crippen molar-refractivity contribution in [3.63, 3.8) is 0 Å². The van der Waals surface area contributed by atoms with Crippen LogP contribution in [0.2, 0.25) is 0 Å². The second-order valence-electron chi connectivity index (χ2n) is 5.09. The third kappa shape index (κ3) is 2.19. The lowest BCUT2D eigenvalue weighted by Crippen LogP contribution is -2.15. The average molecular weight is 276 g/mol. The van der Waals surface area contributed by atoms with E-state index in [2.05, 4.69) is 0 Å². The van der Waals surface area contributed by atoms with E-state index < -0.39 is 5.97 Å². The molecule has 20 heavy (non-hydrogen) atoms. The minimum Gasteiger partial charge on any atom is -0.497 e. The minimum atomic E-state index is -1.13. The number of ether oxygens (including phenoxy) is 2. The summed E-state index contributed by atoms with van der Waals surface area (Å²) in [7, 11) is 1.56. The second kappa shape index (κ2) is 4.74. The molecule has 1 aromatic heterocycles. The number of hydrogen-bond acceptors (Lipinski definition) is 4. The Labute approximate surface area is 116 Å². The molecular weight excluding hydrogens is 260 g/mol. The highest BCUT2D eigenvalue weighted by Crippen LogP contribution is 2.40. The van der Waals surface area contributed by atoms with Crippen molar-refractivity contribution in [2.24, 2.45) is 5.92 Å². The topological polar surface area (TPSA) is 68.9 Å². The van der Waals surface area contributed by atoms with Crippen LogP contribution in [0.4, 0.5) is 0 Å². The fourth-order valence-corrected chi connectivity index (χ4v) is 2.29. The molecule has 1 aliphatic rings. The number of fused-ring (bicyclic) bond motifs is 1. The van der Waals surface area contributed by atoms with Crippen LogP contribution in [0, 0.1) is 5.92 Å². The zero-order valence-electron chi connectivity index (χ0n) is 11.4. The quantitative estimate of drug-likeness (QED) is 0.907. The first kappa shape index (κ1) is 12.8. The Morgan fingerprint density at radius 3 is 2.80 bits per heavy atom. The maximum Gasteiger partial charge on any atom is 0.375 e. The SMILES string of the molecule is COc1ccc2oc(C(=O)O)c(OC(C)C3CC3)c2c1. The molecule has 1 aliphatic carbocycles. The molecule has 2 aromatic rings. The van der Waals surface area contributed by atoms with E-state index in [4.69, 9.17) is 13.9 Å². The van der Waals surface area contributed by atoms with Gasteiger partial charge in [0.15, 0.2) is 5.75 Å². The highest BCUT2D eigenvalue weighted by atomic mass is 16.5. The predicted octanol–water partition coefficient (Wildman–Crippen LogP) is 3.32. The molecular formula is C15H16O5. The normalized spacial score (nSPS) is 16.1. The first-order valence-electron chi connectivity index (χ1n) is 6.60. The molecule has 0 spiro atoms. The van der Waals surface area contributed by atoms with Crippen molar-refractivity contribution in [2.45, 2.75) is 25.9 Å². The van der Waals surface area contributed by atoms with E-state index in [0.29, 0.717) is 28.4 Å². The van der Waals surface area contributed by atoms with E-state index in [0.717, 1.165) is 12.8 Å². The zero-order valence-corrected chi connectivity index (χ0v) is 11.4. The van der Waals surface area contributed by atoms with Crippen LogP contribution in [0.1, 0.15) is 30.3 Å². The monoisotopic (exact) mass is 276 g/mol. The molecule has 0 radical (unpaired) electrons. The number of carboxylic acids is 1. The summed E-state index contributed by atoms with van der Waals surface area (Å²) < 4.78 is 16.4. The summed E-state index contributed by atoms with van der Waals surface area (Å²) in [5.74, 6) is 0.163. The van der Waals surface area contributed by atoms with Crippen molar-refractivity contribution in [3.05, 3.63) is 24.0 Å². The lowest BCUT2D eigenvalue weighted by molar-refractivity contribution is 0.0654. The van der Waals surface area contributed by atoms with Crippen LogP contribution in [-0.4, -0.2) is 24.3 Å². The third-order valence-electron chi connectivity index (χ3n) is 3.63. The van der Waals surface area contributed by atoms with Gasteiger partial charge in [0.2, 0.25) is 0 Å². The summed E-state index contributed by atoms with van der Waals surface area (Å²) >= 11 is 0. The third-order valence-corrected chi connectivity index (χ3v) is 3.63. The van der Waals surface area contributed by atoms with Crippen LogP contribution in [0.15, 0.2) is 22.6 Å². The number of carboxylic acid groups (broad SMARTS) is 1. The molecule has 0 aliphatic heterocycles. The Bertz CT molecular complexity index is 654. The lowest BCUT2D eigenvalue weighted by atomic mass is 10.2. The summed E-state index contributed by atoms with van der Waals surface area (Å²) in [5, 5.41) is 9.89. The van der Waals surface area contributed by atoms with Gasteiger partial charge in [0, 0.05) is 0 Å². The molecule has 1 unspecified atom stereocenters. The fourth-order valence-electron chi connectivity index (χ4n) is 2.29. The molecule has 0 amide bonds. The maximum absolute atomic E-state index is 11.3. The fraction of sp³-hybridized carbons (Fsp3) is 0.400. The average Bonchev–Trinajstić information content (AvgIpc) is 3.22. The van der Waals surface area contributed by atoms with Crippen molar-refractivity contribution < 1.29 is 23.8 Å². The van der Waals surface area contributed by atoms with Crippen LogP contribution < -0.4 is 9.47 Å². The molecule has 5 nitrogen and oxygen atoms in total. The maximum atomic E-state index is 11.3. The molecule has 1 aromatic carbocycles. The van der Waals surface area contributed by atoms with Crippen molar-refractivity contribution in [3.8, 4) is 11.5 Å². The first-order chi connectivity index (χ1) is 9.60. The van der Waals surface area contributed by atoms with Crippen LogP contribution in [0.5, 0.6) is 11.5 Å². The van der Waals surface area contributed by atoms with E-state index in [-0.39, 0.29) is 11.9 Å². The highest BCUT2D eigenvalue weighted by molar-refractivity contribution is 5.98. The number of rotatable bonds is 5. The molecule has 1 atom stereocenters. The van der Waals surface area contributed by atoms with Gasteiger partial charge in [-0.3, -0.25) is 0 Å². The Morgan fingerprint density at radius 1 is 1.45 bits per heavy atom. The van der Waals surface area contributed by atoms with Crippen molar-refractivity contribution in [1.29, 1.82) is 0 Å². The smallest absolute Gasteiger partial charge is 0.375 e. The number of aromatic carboxylic acids is 1. The summed E-state index contributed by atoms with van der Waals surface area (Å²) in [4.78, 5) is 11.3. The zero-order chi connectivity index (χ0) is 14.3. The van der Waals surface area contributed by atoms with Gasteiger partial charge in [0.25, 0.3) is 5.76 Å². The predicted molar refractivity (Wildman–Crippen MR) is 72.5 cm³/mol. The molecule has 0 bridgehead atoms. The van der Waals surface area contributed by atoms with E-state index in [9.17, 15) is 9.90 Å². The van der Waals surface area contributed by atoms with Gasteiger partial charge in [0.1, 0.15) is 11.3 Å². The van der Waals surface area contributed by atoms with E-state index in [1.54, 1.807) is 25.3 Å². The van der Waals surface area contributed by atoms with E-state index in [1.807, 2.05) is 6.92 Å². The van der Waals surface area contributed by atoms with Crippen molar-refractivity contribution in [1.82, 2.24) is 0 Å². The summed E-state index contributed by atoms with van der Waals surface area (Å²) in [6.45, 7) is 1.96. The molecule has 1 fully saturated rings.